The fourth-order valence-corrected chi connectivity index (χ4v) is 4.36. The summed E-state index contributed by atoms with van der Waals surface area (Å²) in [7, 11) is 0. The molecule has 1 aromatic carbocycles. The first kappa shape index (κ1) is 17.7. The van der Waals surface area contributed by atoms with Gasteiger partial charge in [0.15, 0.2) is 5.78 Å². The topological polar surface area (TPSA) is 59.5 Å². The third-order valence-corrected chi connectivity index (χ3v) is 5.58. The second-order valence-corrected chi connectivity index (χ2v) is 7.38. The molecule has 2 bridgehead atoms. The van der Waals surface area contributed by atoms with Gasteiger partial charge in [-0.15, -0.1) is 0 Å². The van der Waals surface area contributed by atoms with Gasteiger partial charge < -0.3 is 9.64 Å². The predicted octanol–water partition coefficient (Wildman–Crippen LogP) is 3.65. The van der Waals surface area contributed by atoms with Gasteiger partial charge in [-0.05, 0) is 25.0 Å². The van der Waals surface area contributed by atoms with Crippen LogP contribution >= 0.6 is 0 Å². The number of hydrogen-bond donors (Lipinski definition) is 0. The number of amides is 1. The van der Waals surface area contributed by atoms with Crippen LogP contribution in [0, 0.1) is 0 Å². The Morgan fingerprint density at radius 2 is 1.74 bits per heavy atom. The van der Waals surface area contributed by atoms with Gasteiger partial charge >= 0.3 is 0 Å². The van der Waals surface area contributed by atoms with Crippen molar-refractivity contribution in [3.05, 3.63) is 60.4 Å². The molecule has 0 N–H and O–H groups in total. The predicted molar refractivity (Wildman–Crippen MR) is 102 cm³/mol. The zero-order chi connectivity index (χ0) is 18.6. The van der Waals surface area contributed by atoms with Gasteiger partial charge in [0.05, 0.1) is 6.20 Å². The van der Waals surface area contributed by atoms with Gasteiger partial charge in [0.25, 0.3) is 0 Å². The van der Waals surface area contributed by atoms with Gasteiger partial charge in [0.1, 0.15) is 11.9 Å². The molecule has 140 valence electrons. The van der Waals surface area contributed by atoms with Crippen molar-refractivity contribution in [1.29, 1.82) is 0 Å². The average Bonchev–Trinajstić information content (AvgIpc) is 2.98. The number of hydrogen-bond acceptors (Lipinski definition) is 4. The molecule has 0 aliphatic carbocycles. The number of carbonyl (C=O) groups excluding carboxylic acids is 2. The first-order valence-corrected chi connectivity index (χ1v) is 9.67. The molecule has 2 atom stereocenters. The number of rotatable bonds is 6. The van der Waals surface area contributed by atoms with E-state index in [1.165, 1.54) is 0 Å². The number of piperidine rings is 1. The van der Waals surface area contributed by atoms with Crippen molar-refractivity contribution in [1.82, 2.24) is 9.88 Å². The zero-order valence-electron chi connectivity index (χ0n) is 15.3. The highest BCUT2D eigenvalue weighted by molar-refractivity contribution is 5.98. The second kappa shape index (κ2) is 7.91. The van der Waals surface area contributed by atoms with Crippen LogP contribution in [-0.4, -0.2) is 39.8 Å². The Kier molecular flexibility index (Phi) is 5.19. The molecular weight excluding hydrogens is 340 g/mol. The summed E-state index contributed by atoms with van der Waals surface area (Å²) in [5, 5.41) is 0. The fourth-order valence-electron chi connectivity index (χ4n) is 4.36. The summed E-state index contributed by atoms with van der Waals surface area (Å²) >= 11 is 0. The molecule has 5 nitrogen and oxygen atoms in total. The van der Waals surface area contributed by atoms with Crippen LogP contribution in [0.2, 0.25) is 0 Å². The number of ketones is 1. The normalized spacial score (nSPS) is 23.9. The van der Waals surface area contributed by atoms with Crippen LogP contribution in [0.15, 0.2) is 54.9 Å². The van der Waals surface area contributed by atoms with Gasteiger partial charge in [0, 0.05) is 49.5 Å². The van der Waals surface area contributed by atoms with Crippen LogP contribution in [-0.2, 0) is 4.79 Å². The van der Waals surface area contributed by atoms with Crippen molar-refractivity contribution >= 4 is 11.7 Å². The lowest BCUT2D eigenvalue weighted by Crippen LogP contribution is -2.49. The Hall–Kier alpha value is -2.69. The van der Waals surface area contributed by atoms with Gasteiger partial charge in [0.2, 0.25) is 5.91 Å². The maximum atomic E-state index is 12.8. The first-order chi connectivity index (χ1) is 13.2. The van der Waals surface area contributed by atoms with Gasteiger partial charge in [-0.2, -0.15) is 0 Å². The number of nitrogens with zero attached hydrogens (tertiary/aromatic N) is 2. The smallest absolute Gasteiger partial charge is 0.223 e. The quantitative estimate of drug-likeness (QED) is 0.734. The lowest BCUT2D eigenvalue weighted by molar-refractivity contribution is -0.137. The molecule has 0 radical (unpaired) electrons. The van der Waals surface area contributed by atoms with Crippen LogP contribution in [0.5, 0.6) is 5.75 Å². The van der Waals surface area contributed by atoms with E-state index in [1.54, 1.807) is 24.5 Å². The molecule has 2 aromatic rings. The summed E-state index contributed by atoms with van der Waals surface area (Å²) in [5.74, 6) is 0.924. The summed E-state index contributed by atoms with van der Waals surface area (Å²) in [5.41, 5.74) is 0.678. The van der Waals surface area contributed by atoms with Crippen molar-refractivity contribution in [2.24, 2.45) is 0 Å². The minimum atomic E-state index is 0.0334. The zero-order valence-corrected chi connectivity index (χ0v) is 15.3. The van der Waals surface area contributed by atoms with Crippen LogP contribution in [0.3, 0.4) is 0 Å². The van der Waals surface area contributed by atoms with Crippen LogP contribution in [0.4, 0.5) is 0 Å². The molecule has 2 aliphatic rings. The Morgan fingerprint density at radius 3 is 2.41 bits per heavy atom. The summed E-state index contributed by atoms with van der Waals surface area (Å²) in [6.45, 7) is 0. The molecule has 4 rings (SSSR count). The van der Waals surface area contributed by atoms with Crippen molar-refractivity contribution in [3.63, 3.8) is 0 Å². The largest absolute Gasteiger partial charge is 0.489 e. The molecule has 1 aromatic heterocycles. The maximum absolute atomic E-state index is 12.8. The Morgan fingerprint density at radius 1 is 1.00 bits per heavy atom. The van der Waals surface area contributed by atoms with Crippen LogP contribution in [0.1, 0.15) is 48.9 Å². The molecule has 2 unspecified atom stereocenters. The maximum Gasteiger partial charge on any atom is 0.223 e. The molecule has 5 heteroatoms. The summed E-state index contributed by atoms with van der Waals surface area (Å²) < 4.78 is 6.07. The van der Waals surface area contributed by atoms with Crippen LogP contribution in [0.25, 0.3) is 0 Å². The van der Waals surface area contributed by atoms with Crippen molar-refractivity contribution in [3.8, 4) is 5.75 Å². The third-order valence-electron chi connectivity index (χ3n) is 5.58. The summed E-state index contributed by atoms with van der Waals surface area (Å²) in [6, 6.07) is 13.4. The summed E-state index contributed by atoms with van der Waals surface area (Å²) in [4.78, 5) is 31.2. The number of fused-ring (bicyclic) bond motifs is 2. The molecule has 0 saturated carbocycles. The number of aromatic nitrogens is 1. The molecule has 2 aliphatic heterocycles. The number of Topliss-reactive ketones (excluding diaryl/α,β-unsaturated/α-hetero) is 1. The lowest BCUT2D eigenvalue weighted by Gasteiger charge is -2.39. The first-order valence-electron chi connectivity index (χ1n) is 9.67. The number of carbonyl (C=O) groups is 2. The van der Waals surface area contributed by atoms with Gasteiger partial charge in [-0.3, -0.25) is 14.6 Å². The van der Waals surface area contributed by atoms with Gasteiger partial charge in [-0.1, -0.05) is 30.3 Å². The highest BCUT2D eigenvalue weighted by Gasteiger charge is 2.43. The number of pyridine rings is 1. The second-order valence-electron chi connectivity index (χ2n) is 7.38. The molecule has 2 fully saturated rings. The Bertz CT molecular complexity index is 780. The van der Waals surface area contributed by atoms with Crippen LogP contribution < -0.4 is 4.74 Å². The van der Waals surface area contributed by atoms with E-state index in [0.717, 1.165) is 31.4 Å². The van der Waals surface area contributed by atoms with Gasteiger partial charge in [-0.25, -0.2) is 0 Å². The minimum absolute atomic E-state index is 0.0334. The van der Waals surface area contributed by atoms with E-state index < -0.39 is 0 Å². The van der Waals surface area contributed by atoms with E-state index in [9.17, 15) is 9.59 Å². The molecule has 1 amide bonds. The number of ether oxygens (including phenoxy) is 1. The van der Waals surface area contributed by atoms with E-state index in [1.807, 2.05) is 35.2 Å². The fraction of sp³-hybridized carbons (Fsp3) is 0.409. The molecule has 27 heavy (non-hydrogen) atoms. The van der Waals surface area contributed by atoms with Crippen molar-refractivity contribution < 1.29 is 14.3 Å². The molecule has 3 heterocycles. The SMILES string of the molecule is O=C(CCC(=O)N1C2CCC1CC(Oc1cccnc1)C2)c1ccccc1. The van der Waals surface area contributed by atoms with E-state index >= 15 is 0 Å². The van der Waals surface area contributed by atoms with E-state index in [-0.39, 0.29) is 42.7 Å². The summed E-state index contributed by atoms with van der Waals surface area (Å²) in [6.07, 6.45) is 7.90. The lowest BCUT2D eigenvalue weighted by atomic mass is 9.98. The Balaban J connectivity index is 1.32. The van der Waals surface area contributed by atoms with E-state index in [2.05, 4.69) is 4.98 Å². The molecule has 2 saturated heterocycles. The third kappa shape index (κ3) is 4.02. The molecular formula is C22H24N2O3. The van der Waals surface area contributed by atoms with Crippen molar-refractivity contribution in [2.45, 2.75) is 56.7 Å². The molecule has 0 spiro atoms. The Labute approximate surface area is 159 Å². The average molecular weight is 364 g/mol. The van der Waals surface area contributed by atoms with E-state index in [4.69, 9.17) is 4.74 Å². The van der Waals surface area contributed by atoms with Crippen molar-refractivity contribution in [2.75, 3.05) is 0 Å². The highest BCUT2D eigenvalue weighted by atomic mass is 16.5. The highest BCUT2D eigenvalue weighted by Crippen LogP contribution is 2.37. The standard InChI is InChI=1S/C22H24N2O3/c25-21(16-5-2-1-3-6-16)10-11-22(26)24-17-8-9-18(24)14-20(13-17)27-19-7-4-12-23-15-19/h1-7,12,15,17-18,20H,8-11,13-14H2. The number of benzene rings is 1. The minimum Gasteiger partial charge on any atom is -0.489 e. The monoisotopic (exact) mass is 364 g/mol. The van der Waals surface area contributed by atoms with E-state index in [0.29, 0.717) is 5.56 Å².